The van der Waals surface area contributed by atoms with E-state index in [-0.39, 0.29) is 18.1 Å². The molecule has 0 aliphatic carbocycles. The van der Waals surface area contributed by atoms with Gasteiger partial charge in [0.25, 0.3) is 5.91 Å². The second kappa shape index (κ2) is 6.54. The van der Waals surface area contributed by atoms with Crippen LogP contribution in [-0.2, 0) is 4.84 Å². The van der Waals surface area contributed by atoms with Crippen LogP contribution in [0.25, 0.3) is 0 Å². The normalized spacial score (nSPS) is 11.3. The number of hydrogen-bond acceptors (Lipinski definition) is 3. The molecule has 0 unspecified atom stereocenters. The van der Waals surface area contributed by atoms with Gasteiger partial charge in [-0.15, -0.1) is 0 Å². The van der Waals surface area contributed by atoms with Crippen molar-refractivity contribution in [1.82, 2.24) is 15.3 Å². The molecule has 0 fully saturated rings. The van der Waals surface area contributed by atoms with Crippen molar-refractivity contribution in [3.63, 3.8) is 0 Å². The lowest BCUT2D eigenvalue weighted by atomic mass is 10.2. The molecule has 0 aromatic carbocycles. The van der Waals surface area contributed by atoms with Gasteiger partial charge in [-0.3, -0.25) is 14.3 Å². The summed E-state index contributed by atoms with van der Waals surface area (Å²) >= 11 is 0. The molecule has 18 heavy (non-hydrogen) atoms. The van der Waals surface area contributed by atoms with Gasteiger partial charge >= 0.3 is 0 Å². The first-order valence-corrected chi connectivity index (χ1v) is 6.51. The van der Waals surface area contributed by atoms with E-state index in [2.05, 4.69) is 24.4 Å². The van der Waals surface area contributed by atoms with Gasteiger partial charge in [-0.1, -0.05) is 13.8 Å². The predicted octanol–water partition coefficient (Wildman–Crippen LogP) is 2.62. The van der Waals surface area contributed by atoms with E-state index < -0.39 is 0 Å². The lowest BCUT2D eigenvalue weighted by Gasteiger charge is -2.16. The lowest BCUT2D eigenvalue weighted by Crippen LogP contribution is -2.30. The van der Waals surface area contributed by atoms with Crippen molar-refractivity contribution in [2.45, 2.75) is 59.6 Å². The molecule has 0 saturated heterocycles. The van der Waals surface area contributed by atoms with Crippen molar-refractivity contribution in [2.75, 3.05) is 0 Å². The zero-order valence-electron chi connectivity index (χ0n) is 11.9. The molecule has 5 heteroatoms. The van der Waals surface area contributed by atoms with Gasteiger partial charge in [-0.2, -0.15) is 5.10 Å². The molecule has 0 bridgehead atoms. The van der Waals surface area contributed by atoms with Gasteiger partial charge < -0.3 is 0 Å². The third-order valence-electron chi connectivity index (χ3n) is 2.77. The van der Waals surface area contributed by atoms with E-state index in [0.717, 1.165) is 18.5 Å². The average molecular weight is 253 g/mol. The Morgan fingerprint density at radius 2 is 2.06 bits per heavy atom. The van der Waals surface area contributed by atoms with Gasteiger partial charge in [0.05, 0.1) is 17.8 Å². The van der Waals surface area contributed by atoms with Crippen LogP contribution in [0.15, 0.2) is 6.07 Å². The van der Waals surface area contributed by atoms with Gasteiger partial charge in [-0.25, -0.2) is 5.48 Å². The number of nitrogens with zero attached hydrogens (tertiary/aromatic N) is 2. The molecule has 0 spiro atoms. The summed E-state index contributed by atoms with van der Waals surface area (Å²) in [4.78, 5) is 17.2. The zero-order valence-corrected chi connectivity index (χ0v) is 11.9. The molecule has 5 nitrogen and oxygen atoms in total. The van der Waals surface area contributed by atoms with Crippen LogP contribution >= 0.6 is 0 Å². The molecule has 0 atom stereocenters. The van der Waals surface area contributed by atoms with Crippen LogP contribution in [-0.4, -0.2) is 21.8 Å². The highest BCUT2D eigenvalue weighted by Gasteiger charge is 2.19. The van der Waals surface area contributed by atoms with Gasteiger partial charge in [0.1, 0.15) is 5.69 Å². The number of hydroxylamine groups is 1. The number of rotatable bonds is 6. The highest BCUT2D eigenvalue weighted by molar-refractivity contribution is 5.91. The third-order valence-corrected chi connectivity index (χ3v) is 2.77. The number of amides is 1. The summed E-state index contributed by atoms with van der Waals surface area (Å²) in [5, 5.41) is 4.40. The molecule has 1 N–H and O–H groups in total. The number of carbonyl (C=O) groups excluding carboxylic acids is 1. The van der Waals surface area contributed by atoms with E-state index >= 15 is 0 Å². The summed E-state index contributed by atoms with van der Waals surface area (Å²) in [6.45, 7) is 9.81. The van der Waals surface area contributed by atoms with Crippen LogP contribution in [0.1, 0.15) is 62.8 Å². The first kappa shape index (κ1) is 14.7. The molecule has 1 rings (SSSR count). The molecular weight excluding hydrogens is 230 g/mol. The predicted molar refractivity (Wildman–Crippen MR) is 70.3 cm³/mol. The maximum Gasteiger partial charge on any atom is 0.293 e. The Bertz CT molecular complexity index is 395. The number of aryl methyl sites for hydroxylation is 1. The minimum atomic E-state index is -0.240. The fourth-order valence-corrected chi connectivity index (χ4v) is 1.82. The zero-order chi connectivity index (χ0) is 13.7. The quantitative estimate of drug-likeness (QED) is 0.793. The molecule has 1 heterocycles. The van der Waals surface area contributed by atoms with Crippen LogP contribution < -0.4 is 5.48 Å². The maximum atomic E-state index is 12.0. The van der Waals surface area contributed by atoms with Crippen molar-refractivity contribution >= 4 is 5.91 Å². The Balaban J connectivity index is 2.90. The Labute approximate surface area is 108 Å². The number of carbonyl (C=O) groups is 1. The standard InChI is InChI=1S/C13H23N3O2/c1-6-11(7-2)16-12(8-10(5)14-16)13(17)15-18-9(3)4/h8-9,11H,6-7H2,1-5H3,(H,15,17). The molecule has 0 radical (unpaired) electrons. The second-order valence-electron chi connectivity index (χ2n) is 4.68. The minimum Gasteiger partial charge on any atom is -0.271 e. The van der Waals surface area contributed by atoms with Crippen molar-refractivity contribution in [2.24, 2.45) is 0 Å². The minimum absolute atomic E-state index is 0.0421. The van der Waals surface area contributed by atoms with Crippen LogP contribution in [0.4, 0.5) is 0 Å². The van der Waals surface area contributed by atoms with Crippen molar-refractivity contribution in [3.05, 3.63) is 17.5 Å². The molecule has 102 valence electrons. The molecule has 0 aliphatic rings. The van der Waals surface area contributed by atoms with E-state index in [1.165, 1.54) is 0 Å². The van der Waals surface area contributed by atoms with E-state index in [4.69, 9.17) is 4.84 Å². The second-order valence-corrected chi connectivity index (χ2v) is 4.68. The van der Waals surface area contributed by atoms with Gasteiger partial charge in [0.15, 0.2) is 0 Å². The average Bonchev–Trinajstić information content (AvgIpc) is 2.70. The third kappa shape index (κ3) is 3.57. The summed E-state index contributed by atoms with van der Waals surface area (Å²) in [5.74, 6) is -0.240. The first-order chi connectivity index (χ1) is 8.49. The molecule has 1 amide bonds. The number of hydrogen-bond donors (Lipinski definition) is 1. The number of aromatic nitrogens is 2. The van der Waals surface area contributed by atoms with Crippen LogP contribution in [0.2, 0.25) is 0 Å². The summed E-state index contributed by atoms with van der Waals surface area (Å²) in [6.07, 6.45) is 1.85. The Kier molecular flexibility index (Phi) is 5.34. The number of nitrogens with one attached hydrogen (secondary N) is 1. The largest absolute Gasteiger partial charge is 0.293 e. The van der Waals surface area contributed by atoms with Crippen molar-refractivity contribution < 1.29 is 9.63 Å². The molecule has 1 aromatic rings. The Hall–Kier alpha value is -1.36. The monoisotopic (exact) mass is 253 g/mol. The Morgan fingerprint density at radius 3 is 2.56 bits per heavy atom. The molecule has 0 saturated carbocycles. The van der Waals surface area contributed by atoms with Gasteiger partial charge in [-0.05, 0) is 39.7 Å². The van der Waals surface area contributed by atoms with E-state index in [0.29, 0.717) is 5.69 Å². The van der Waals surface area contributed by atoms with E-state index in [1.807, 2.05) is 20.8 Å². The SMILES string of the molecule is CCC(CC)n1nc(C)cc1C(=O)NOC(C)C. The Morgan fingerprint density at radius 1 is 1.44 bits per heavy atom. The maximum absolute atomic E-state index is 12.0. The van der Waals surface area contributed by atoms with Gasteiger partial charge in [0, 0.05) is 0 Å². The summed E-state index contributed by atoms with van der Waals surface area (Å²) in [7, 11) is 0. The summed E-state index contributed by atoms with van der Waals surface area (Å²) in [6, 6.07) is 2.04. The lowest BCUT2D eigenvalue weighted by molar-refractivity contribution is -0.000617. The topological polar surface area (TPSA) is 56.2 Å². The first-order valence-electron chi connectivity index (χ1n) is 6.51. The smallest absolute Gasteiger partial charge is 0.271 e. The highest BCUT2D eigenvalue weighted by atomic mass is 16.7. The van der Waals surface area contributed by atoms with E-state index in [1.54, 1.807) is 10.7 Å². The van der Waals surface area contributed by atoms with Crippen LogP contribution in [0.5, 0.6) is 0 Å². The molecule has 0 aliphatic heterocycles. The van der Waals surface area contributed by atoms with E-state index in [9.17, 15) is 4.79 Å². The fourth-order valence-electron chi connectivity index (χ4n) is 1.82. The molecule has 1 aromatic heterocycles. The van der Waals surface area contributed by atoms with Crippen molar-refractivity contribution in [1.29, 1.82) is 0 Å². The van der Waals surface area contributed by atoms with Crippen molar-refractivity contribution in [3.8, 4) is 0 Å². The summed E-state index contributed by atoms with van der Waals surface area (Å²) < 4.78 is 1.80. The van der Waals surface area contributed by atoms with Crippen LogP contribution in [0.3, 0.4) is 0 Å². The van der Waals surface area contributed by atoms with Gasteiger partial charge in [0.2, 0.25) is 0 Å². The fraction of sp³-hybridized carbons (Fsp3) is 0.692. The summed E-state index contributed by atoms with van der Waals surface area (Å²) in [5.41, 5.74) is 3.86. The molecular formula is C13H23N3O2. The highest BCUT2D eigenvalue weighted by Crippen LogP contribution is 2.18. The van der Waals surface area contributed by atoms with Crippen LogP contribution in [0, 0.1) is 6.92 Å².